The van der Waals surface area contributed by atoms with E-state index in [0.29, 0.717) is 0 Å². The van der Waals surface area contributed by atoms with Crippen molar-refractivity contribution in [3.63, 3.8) is 0 Å². The van der Waals surface area contributed by atoms with Crippen molar-refractivity contribution in [2.75, 3.05) is 5.32 Å². The van der Waals surface area contributed by atoms with Crippen molar-refractivity contribution in [1.29, 1.82) is 0 Å². The summed E-state index contributed by atoms with van der Waals surface area (Å²) in [6.07, 6.45) is 0. The number of urea groups is 1. The van der Waals surface area contributed by atoms with Gasteiger partial charge in [-0.05, 0) is 17.4 Å². The fourth-order valence-electron chi connectivity index (χ4n) is 1.45. The second-order valence-corrected chi connectivity index (χ2v) is 5.10. The summed E-state index contributed by atoms with van der Waals surface area (Å²) in [6.45, 7) is 3.49. The molecule has 0 aliphatic carbocycles. The van der Waals surface area contributed by atoms with Crippen molar-refractivity contribution in [1.82, 2.24) is 5.32 Å². The molecule has 0 aliphatic heterocycles. The molecule has 19 heavy (non-hydrogen) atoms. The molecule has 1 heterocycles. The van der Waals surface area contributed by atoms with E-state index in [4.69, 9.17) is 10.8 Å². The van der Waals surface area contributed by atoms with E-state index in [-0.39, 0.29) is 16.5 Å². The zero-order valence-corrected chi connectivity index (χ0v) is 11.3. The van der Waals surface area contributed by atoms with Crippen molar-refractivity contribution >= 4 is 34.2 Å². The number of carbonyl (C=O) groups excluding carboxylic acids is 2. The van der Waals surface area contributed by atoms with Crippen LogP contribution in [0.3, 0.4) is 0 Å². The summed E-state index contributed by atoms with van der Waals surface area (Å²) in [6, 6.07) is -0.228. The van der Waals surface area contributed by atoms with Crippen LogP contribution in [-0.4, -0.2) is 29.1 Å². The number of thiophene rings is 1. The standard InChI is InChI=1S/C11H15N3O4S/c1-5(2)7(13-11(12)18)8(15)14-9-6(10(16)17)3-4-19-9/h3-5,7H,1-2H3,(H,14,15)(H,16,17)(H3,12,13,18). The van der Waals surface area contributed by atoms with Crippen LogP contribution in [0.5, 0.6) is 0 Å². The maximum Gasteiger partial charge on any atom is 0.338 e. The van der Waals surface area contributed by atoms with Crippen molar-refractivity contribution in [3.05, 3.63) is 17.0 Å². The van der Waals surface area contributed by atoms with Gasteiger partial charge in [0.25, 0.3) is 0 Å². The van der Waals surface area contributed by atoms with Gasteiger partial charge in [-0.3, -0.25) is 4.79 Å². The Bertz CT molecular complexity index is 498. The Labute approximate surface area is 113 Å². The van der Waals surface area contributed by atoms with E-state index in [9.17, 15) is 14.4 Å². The van der Waals surface area contributed by atoms with Gasteiger partial charge < -0.3 is 21.5 Å². The van der Waals surface area contributed by atoms with Crippen LogP contribution in [0.15, 0.2) is 11.4 Å². The smallest absolute Gasteiger partial charge is 0.338 e. The van der Waals surface area contributed by atoms with E-state index in [2.05, 4.69) is 10.6 Å². The number of hydrogen-bond donors (Lipinski definition) is 4. The summed E-state index contributed by atoms with van der Waals surface area (Å²) in [5, 5.41) is 15.5. The maximum atomic E-state index is 12.0. The predicted molar refractivity (Wildman–Crippen MR) is 71.3 cm³/mol. The molecule has 0 saturated carbocycles. The first kappa shape index (κ1) is 15.0. The zero-order chi connectivity index (χ0) is 14.6. The molecule has 3 amide bonds. The lowest BCUT2D eigenvalue weighted by Gasteiger charge is -2.20. The largest absolute Gasteiger partial charge is 0.478 e. The SMILES string of the molecule is CC(C)C(NC(N)=O)C(=O)Nc1sccc1C(=O)O. The molecule has 7 nitrogen and oxygen atoms in total. The average molecular weight is 285 g/mol. The van der Waals surface area contributed by atoms with Crippen molar-refractivity contribution < 1.29 is 19.5 Å². The molecule has 1 rings (SSSR count). The topological polar surface area (TPSA) is 122 Å². The third-order valence-electron chi connectivity index (χ3n) is 2.38. The van der Waals surface area contributed by atoms with Gasteiger partial charge in [0.2, 0.25) is 5.91 Å². The Morgan fingerprint density at radius 1 is 1.37 bits per heavy atom. The second kappa shape index (κ2) is 6.19. The molecule has 1 aromatic rings. The minimum Gasteiger partial charge on any atom is -0.478 e. The molecule has 0 aliphatic rings. The third kappa shape index (κ3) is 3.95. The fourth-order valence-corrected chi connectivity index (χ4v) is 2.23. The van der Waals surface area contributed by atoms with Crippen molar-refractivity contribution in [3.8, 4) is 0 Å². The highest BCUT2D eigenvalue weighted by molar-refractivity contribution is 7.14. The molecule has 0 saturated heterocycles. The van der Waals surface area contributed by atoms with Crippen LogP contribution in [0.25, 0.3) is 0 Å². The number of nitrogens with two attached hydrogens (primary N) is 1. The first-order chi connectivity index (χ1) is 8.82. The van der Waals surface area contributed by atoms with E-state index in [0.717, 1.165) is 11.3 Å². The molecule has 1 atom stereocenters. The minimum absolute atomic E-state index is 0.0138. The van der Waals surface area contributed by atoms with Crippen molar-refractivity contribution in [2.45, 2.75) is 19.9 Å². The summed E-state index contributed by atoms with van der Waals surface area (Å²) in [4.78, 5) is 33.7. The number of hydrogen-bond acceptors (Lipinski definition) is 4. The number of carboxylic acids is 1. The van der Waals surface area contributed by atoms with Crippen LogP contribution >= 0.6 is 11.3 Å². The Morgan fingerprint density at radius 2 is 2.00 bits per heavy atom. The normalized spacial score (nSPS) is 11.9. The fraction of sp³-hybridized carbons (Fsp3) is 0.364. The van der Waals surface area contributed by atoms with Gasteiger partial charge in [0.05, 0.1) is 5.56 Å². The van der Waals surface area contributed by atoms with Crippen LogP contribution in [0.2, 0.25) is 0 Å². The third-order valence-corrected chi connectivity index (χ3v) is 3.21. The van der Waals surface area contributed by atoms with Gasteiger partial charge in [0.1, 0.15) is 11.0 Å². The van der Waals surface area contributed by atoms with Gasteiger partial charge in [-0.15, -0.1) is 11.3 Å². The van der Waals surface area contributed by atoms with Crippen LogP contribution in [0, 0.1) is 5.92 Å². The number of carbonyl (C=O) groups is 3. The number of primary amides is 1. The molecule has 0 spiro atoms. The van der Waals surface area contributed by atoms with E-state index in [1.807, 2.05) is 0 Å². The summed E-state index contributed by atoms with van der Waals surface area (Å²) >= 11 is 1.10. The lowest BCUT2D eigenvalue weighted by Crippen LogP contribution is -2.49. The highest BCUT2D eigenvalue weighted by Gasteiger charge is 2.25. The van der Waals surface area contributed by atoms with Gasteiger partial charge in [-0.1, -0.05) is 13.8 Å². The summed E-state index contributed by atoms with van der Waals surface area (Å²) in [7, 11) is 0. The highest BCUT2D eigenvalue weighted by Crippen LogP contribution is 2.23. The summed E-state index contributed by atoms with van der Waals surface area (Å²) in [5.74, 6) is -1.81. The van der Waals surface area contributed by atoms with Crippen LogP contribution in [-0.2, 0) is 4.79 Å². The van der Waals surface area contributed by atoms with Crippen LogP contribution in [0.4, 0.5) is 9.80 Å². The Morgan fingerprint density at radius 3 is 2.47 bits per heavy atom. The van der Waals surface area contributed by atoms with E-state index in [1.165, 1.54) is 6.07 Å². The van der Waals surface area contributed by atoms with Crippen LogP contribution in [0.1, 0.15) is 24.2 Å². The first-order valence-corrected chi connectivity index (χ1v) is 6.38. The predicted octanol–water partition coefficient (Wildman–Crippen LogP) is 1.08. The van der Waals surface area contributed by atoms with Crippen LogP contribution < -0.4 is 16.4 Å². The van der Waals surface area contributed by atoms with E-state index in [1.54, 1.807) is 19.2 Å². The molecule has 0 fully saturated rings. The summed E-state index contributed by atoms with van der Waals surface area (Å²) in [5.41, 5.74) is 5.01. The molecular formula is C11H15N3O4S. The van der Waals surface area contributed by atoms with Gasteiger partial charge >= 0.3 is 12.0 Å². The first-order valence-electron chi connectivity index (χ1n) is 5.50. The molecular weight excluding hydrogens is 270 g/mol. The van der Waals surface area contributed by atoms with Gasteiger partial charge in [-0.25, -0.2) is 9.59 Å². The molecule has 104 valence electrons. The molecule has 0 aromatic carbocycles. The Balaban J connectivity index is 2.84. The summed E-state index contributed by atoms with van der Waals surface area (Å²) < 4.78 is 0. The number of nitrogens with one attached hydrogen (secondary N) is 2. The molecule has 8 heteroatoms. The van der Waals surface area contributed by atoms with Crippen molar-refractivity contribution in [2.24, 2.45) is 11.7 Å². The Hall–Kier alpha value is -2.09. The second-order valence-electron chi connectivity index (χ2n) is 4.19. The molecule has 0 radical (unpaired) electrons. The van der Waals surface area contributed by atoms with E-state index >= 15 is 0 Å². The zero-order valence-electron chi connectivity index (χ0n) is 10.5. The van der Waals surface area contributed by atoms with Gasteiger partial charge in [0.15, 0.2) is 0 Å². The number of rotatable bonds is 5. The number of anilines is 1. The molecule has 0 bridgehead atoms. The quantitative estimate of drug-likeness (QED) is 0.646. The Kier molecular flexibility index (Phi) is 4.87. The van der Waals surface area contributed by atoms with Gasteiger partial charge in [-0.2, -0.15) is 0 Å². The highest BCUT2D eigenvalue weighted by atomic mass is 32.1. The minimum atomic E-state index is -1.12. The molecule has 1 unspecified atom stereocenters. The lowest BCUT2D eigenvalue weighted by molar-refractivity contribution is -0.118. The number of amides is 3. The number of aromatic carboxylic acids is 1. The number of carboxylic acid groups (broad SMARTS) is 1. The molecule has 5 N–H and O–H groups in total. The average Bonchev–Trinajstić information content (AvgIpc) is 2.73. The van der Waals surface area contributed by atoms with E-state index < -0.39 is 23.9 Å². The monoisotopic (exact) mass is 285 g/mol. The molecule has 1 aromatic heterocycles. The van der Waals surface area contributed by atoms with Gasteiger partial charge in [0, 0.05) is 0 Å². The lowest BCUT2D eigenvalue weighted by atomic mass is 10.0. The maximum absolute atomic E-state index is 12.0.